The Bertz CT molecular complexity index is 283. The zero-order valence-electron chi connectivity index (χ0n) is 7.78. The van der Waals surface area contributed by atoms with Crippen LogP contribution in [0.15, 0.2) is 0 Å². The number of nitrogens with one attached hydrogen (secondary N) is 3. The summed E-state index contributed by atoms with van der Waals surface area (Å²) in [6.07, 6.45) is 0.299. The molecule has 2 rings (SSSR count). The number of rotatable bonds is 0. The van der Waals surface area contributed by atoms with E-state index < -0.39 is 0 Å². The molecule has 7 heteroatoms. The number of hydrogen-bond acceptors (Lipinski definition) is 4. The van der Waals surface area contributed by atoms with Crippen LogP contribution in [0.2, 0.25) is 0 Å². The number of carbonyl (C=O) groups excluding carboxylic acids is 1. The molecule has 0 bridgehead atoms. The molecule has 2 aliphatic heterocycles. The summed E-state index contributed by atoms with van der Waals surface area (Å²) in [4.78, 5) is 11.4. The molecule has 0 aromatic carbocycles. The molecular weight excluding hydrogens is 202 g/mol. The SMILES string of the molecule is CC1NN2C(=S)NC(N)CC2NC1=O. The van der Waals surface area contributed by atoms with Crippen molar-refractivity contribution in [2.45, 2.75) is 31.7 Å². The van der Waals surface area contributed by atoms with Crippen LogP contribution in [0.1, 0.15) is 13.3 Å². The maximum atomic E-state index is 11.4. The molecular formula is C7H13N5OS. The number of nitrogens with zero attached hydrogens (tertiary/aromatic N) is 1. The number of fused-ring (bicyclic) bond motifs is 1. The molecule has 14 heavy (non-hydrogen) atoms. The number of hydrogen-bond donors (Lipinski definition) is 4. The van der Waals surface area contributed by atoms with Crippen molar-refractivity contribution < 1.29 is 4.79 Å². The Morgan fingerprint density at radius 2 is 2.29 bits per heavy atom. The topological polar surface area (TPSA) is 82.4 Å². The van der Waals surface area contributed by atoms with Gasteiger partial charge in [0.1, 0.15) is 12.2 Å². The van der Waals surface area contributed by atoms with E-state index in [9.17, 15) is 4.79 Å². The fourth-order valence-corrected chi connectivity index (χ4v) is 1.93. The monoisotopic (exact) mass is 215 g/mol. The fourth-order valence-electron chi connectivity index (χ4n) is 1.60. The predicted octanol–water partition coefficient (Wildman–Crippen LogP) is -1.80. The number of carbonyl (C=O) groups is 1. The third-order valence-electron chi connectivity index (χ3n) is 2.35. The quantitative estimate of drug-likeness (QED) is 0.357. The largest absolute Gasteiger partial charge is 0.346 e. The van der Waals surface area contributed by atoms with Crippen LogP contribution in [0.4, 0.5) is 0 Å². The summed E-state index contributed by atoms with van der Waals surface area (Å²) >= 11 is 5.09. The van der Waals surface area contributed by atoms with Gasteiger partial charge in [-0.3, -0.25) is 9.80 Å². The lowest BCUT2D eigenvalue weighted by Gasteiger charge is -2.45. The summed E-state index contributed by atoms with van der Waals surface area (Å²) in [7, 11) is 0. The van der Waals surface area contributed by atoms with Gasteiger partial charge in [0.25, 0.3) is 0 Å². The Morgan fingerprint density at radius 1 is 1.57 bits per heavy atom. The molecule has 0 aromatic rings. The Labute approximate surface area is 87.2 Å². The molecule has 1 amide bonds. The summed E-state index contributed by atoms with van der Waals surface area (Å²) in [5, 5.41) is 8.05. The first-order valence-electron chi connectivity index (χ1n) is 4.50. The normalized spacial score (nSPS) is 37.3. The van der Waals surface area contributed by atoms with Gasteiger partial charge < -0.3 is 16.4 Å². The van der Waals surface area contributed by atoms with Crippen molar-refractivity contribution in [3.8, 4) is 0 Å². The van der Waals surface area contributed by atoms with Gasteiger partial charge in [-0.2, -0.15) is 0 Å². The van der Waals surface area contributed by atoms with E-state index >= 15 is 0 Å². The predicted molar refractivity (Wildman–Crippen MR) is 54.7 cm³/mol. The van der Waals surface area contributed by atoms with E-state index in [2.05, 4.69) is 16.1 Å². The second kappa shape index (κ2) is 3.34. The van der Waals surface area contributed by atoms with E-state index in [1.54, 1.807) is 11.9 Å². The second-order valence-electron chi connectivity index (χ2n) is 3.54. The molecule has 0 aromatic heterocycles. The Hall–Kier alpha value is -0.920. The van der Waals surface area contributed by atoms with Gasteiger partial charge in [-0.1, -0.05) is 0 Å². The van der Waals surface area contributed by atoms with Crippen molar-refractivity contribution >= 4 is 23.2 Å². The van der Waals surface area contributed by atoms with Gasteiger partial charge in [0.15, 0.2) is 5.11 Å². The van der Waals surface area contributed by atoms with E-state index in [1.807, 2.05) is 0 Å². The number of thiocarbonyl (C=S) groups is 1. The molecule has 6 nitrogen and oxygen atoms in total. The molecule has 0 spiro atoms. The van der Waals surface area contributed by atoms with Crippen LogP contribution in [-0.2, 0) is 4.79 Å². The van der Waals surface area contributed by atoms with E-state index in [4.69, 9.17) is 18.0 Å². The van der Waals surface area contributed by atoms with Crippen LogP contribution >= 0.6 is 12.2 Å². The molecule has 2 heterocycles. The molecule has 0 radical (unpaired) electrons. The minimum atomic E-state index is -0.264. The number of nitrogens with two attached hydrogens (primary N) is 1. The van der Waals surface area contributed by atoms with E-state index in [0.717, 1.165) is 0 Å². The van der Waals surface area contributed by atoms with Gasteiger partial charge in [0, 0.05) is 6.42 Å². The molecule has 0 aliphatic carbocycles. The standard InChI is InChI=1S/C7H13N5OS/c1-3-6(13)10-5-2-4(8)9-7(14)12(5)11-3/h3-5,11H,2,8H2,1H3,(H,9,14)(H,10,13). The van der Waals surface area contributed by atoms with Crippen molar-refractivity contribution in [3.05, 3.63) is 0 Å². The molecule has 5 N–H and O–H groups in total. The van der Waals surface area contributed by atoms with Gasteiger partial charge in [0.05, 0.1) is 6.17 Å². The number of hydrazine groups is 1. The highest BCUT2D eigenvalue weighted by Gasteiger charge is 2.36. The summed E-state index contributed by atoms with van der Waals surface area (Å²) in [5.41, 5.74) is 8.71. The van der Waals surface area contributed by atoms with Crippen LogP contribution in [0.25, 0.3) is 0 Å². The molecule has 2 aliphatic rings. The van der Waals surface area contributed by atoms with Gasteiger partial charge in [-0.15, -0.1) is 0 Å². The molecule has 3 unspecified atom stereocenters. The molecule has 0 saturated carbocycles. The van der Waals surface area contributed by atoms with Crippen molar-refractivity contribution in [1.29, 1.82) is 0 Å². The Balaban J connectivity index is 2.13. The minimum Gasteiger partial charge on any atom is -0.346 e. The molecule has 3 atom stereocenters. The van der Waals surface area contributed by atoms with E-state index in [0.29, 0.717) is 11.5 Å². The maximum Gasteiger partial charge on any atom is 0.240 e. The average molecular weight is 215 g/mol. The highest BCUT2D eigenvalue weighted by molar-refractivity contribution is 7.80. The maximum absolute atomic E-state index is 11.4. The van der Waals surface area contributed by atoms with Crippen LogP contribution in [0, 0.1) is 0 Å². The Morgan fingerprint density at radius 3 is 3.00 bits per heavy atom. The first kappa shape index (κ1) is 9.63. The third kappa shape index (κ3) is 1.54. The Kier molecular flexibility index (Phi) is 2.30. The van der Waals surface area contributed by atoms with Gasteiger partial charge in [-0.25, -0.2) is 5.43 Å². The van der Waals surface area contributed by atoms with Crippen LogP contribution in [0.5, 0.6) is 0 Å². The lowest BCUT2D eigenvalue weighted by Crippen LogP contribution is -2.74. The molecule has 2 saturated heterocycles. The first-order valence-corrected chi connectivity index (χ1v) is 4.90. The number of amides is 1. The van der Waals surface area contributed by atoms with Crippen molar-refractivity contribution in [1.82, 2.24) is 21.1 Å². The van der Waals surface area contributed by atoms with Crippen molar-refractivity contribution in [2.75, 3.05) is 0 Å². The highest BCUT2D eigenvalue weighted by Crippen LogP contribution is 2.11. The second-order valence-corrected chi connectivity index (χ2v) is 3.92. The van der Waals surface area contributed by atoms with E-state index in [-0.39, 0.29) is 24.3 Å². The van der Waals surface area contributed by atoms with Crippen molar-refractivity contribution in [3.63, 3.8) is 0 Å². The van der Waals surface area contributed by atoms with Gasteiger partial charge in [0.2, 0.25) is 5.91 Å². The van der Waals surface area contributed by atoms with Crippen molar-refractivity contribution in [2.24, 2.45) is 5.73 Å². The van der Waals surface area contributed by atoms with Gasteiger partial charge in [-0.05, 0) is 19.1 Å². The summed E-state index contributed by atoms with van der Waals surface area (Å²) in [6.45, 7) is 1.78. The zero-order chi connectivity index (χ0) is 10.3. The first-order chi connectivity index (χ1) is 6.58. The summed E-state index contributed by atoms with van der Waals surface area (Å²) in [6, 6.07) is -0.264. The average Bonchev–Trinajstić information content (AvgIpc) is 2.08. The molecule has 78 valence electrons. The van der Waals surface area contributed by atoms with Crippen LogP contribution in [0.3, 0.4) is 0 Å². The zero-order valence-corrected chi connectivity index (χ0v) is 8.60. The fraction of sp³-hybridized carbons (Fsp3) is 0.714. The van der Waals surface area contributed by atoms with Crippen LogP contribution in [-0.4, -0.2) is 34.4 Å². The van der Waals surface area contributed by atoms with E-state index in [1.165, 1.54) is 0 Å². The summed E-state index contributed by atoms with van der Waals surface area (Å²) < 4.78 is 0. The highest BCUT2D eigenvalue weighted by atomic mass is 32.1. The summed E-state index contributed by atoms with van der Waals surface area (Å²) in [5.74, 6) is -0.0249. The lowest BCUT2D eigenvalue weighted by molar-refractivity contribution is -0.130. The molecule has 2 fully saturated rings. The third-order valence-corrected chi connectivity index (χ3v) is 2.67. The lowest BCUT2D eigenvalue weighted by atomic mass is 10.2. The van der Waals surface area contributed by atoms with Gasteiger partial charge >= 0.3 is 0 Å². The smallest absolute Gasteiger partial charge is 0.240 e. The minimum absolute atomic E-state index is 0.0249. The van der Waals surface area contributed by atoms with Crippen LogP contribution < -0.4 is 21.8 Å².